The molecule has 1 rings (SSSR count). The Labute approximate surface area is 103 Å². The first kappa shape index (κ1) is 13.3. The maximum absolute atomic E-state index is 11.6. The third-order valence-electron chi connectivity index (χ3n) is 1.95. The lowest BCUT2D eigenvalue weighted by atomic mass is 10.2. The van der Waals surface area contributed by atoms with Gasteiger partial charge in [-0.05, 0) is 12.1 Å². The smallest absolute Gasteiger partial charge is 0.337 e. The molecule has 0 aliphatic carbocycles. The number of hydrogen-bond donors (Lipinski definition) is 1. The summed E-state index contributed by atoms with van der Waals surface area (Å²) in [5.74, 6) is -1.49. The molecule has 0 saturated heterocycles. The van der Waals surface area contributed by atoms with Crippen molar-refractivity contribution in [1.29, 1.82) is 0 Å². The SMILES string of the molecule is CCS(=O)(=O)c1cc(Cl)cc(C(=O)O)c1Cl. The van der Waals surface area contributed by atoms with E-state index >= 15 is 0 Å². The third-order valence-corrected chi connectivity index (χ3v) is 4.44. The van der Waals surface area contributed by atoms with Crippen molar-refractivity contribution in [3.63, 3.8) is 0 Å². The van der Waals surface area contributed by atoms with Gasteiger partial charge in [-0.3, -0.25) is 0 Å². The Bertz CT molecular complexity index is 537. The van der Waals surface area contributed by atoms with Crippen LogP contribution in [0, 0.1) is 0 Å². The molecule has 0 amide bonds. The van der Waals surface area contributed by atoms with E-state index in [4.69, 9.17) is 28.3 Å². The van der Waals surface area contributed by atoms with Crippen LogP contribution in [0.1, 0.15) is 17.3 Å². The summed E-state index contributed by atoms with van der Waals surface area (Å²) in [6.07, 6.45) is 0. The molecule has 7 heteroatoms. The first-order valence-electron chi connectivity index (χ1n) is 4.24. The van der Waals surface area contributed by atoms with E-state index in [9.17, 15) is 13.2 Å². The van der Waals surface area contributed by atoms with Gasteiger partial charge in [0.05, 0.1) is 21.2 Å². The summed E-state index contributed by atoms with van der Waals surface area (Å²) in [5, 5.41) is 8.53. The Hall–Kier alpha value is -0.780. The van der Waals surface area contributed by atoms with Gasteiger partial charge in [-0.2, -0.15) is 0 Å². The lowest BCUT2D eigenvalue weighted by Gasteiger charge is -2.07. The summed E-state index contributed by atoms with van der Waals surface area (Å²) in [6.45, 7) is 1.44. The molecular formula is C9H8Cl2O4S. The average Bonchev–Trinajstić information content (AvgIpc) is 2.20. The molecule has 4 nitrogen and oxygen atoms in total. The molecule has 0 aromatic heterocycles. The summed E-state index contributed by atoms with van der Waals surface area (Å²) in [6, 6.07) is 2.26. The standard InChI is InChI=1S/C9H8Cl2O4S/c1-2-16(14,15)7-4-5(10)3-6(8(7)11)9(12)13/h3-4H,2H2,1H3,(H,12,13). The van der Waals surface area contributed by atoms with E-state index in [0.29, 0.717) is 0 Å². The van der Waals surface area contributed by atoms with Gasteiger partial charge in [0.15, 0.2) is 9.84 Å². The second kappa shape index (κ2) is 4.61. The predicted octanol–water partition coefficient (Wildman–Crippen LogP) is 2.49. The molecule has 0 saturated carbocycles. The Balaban J connectivity index is 3.60. The molecule has 0 radical (unpaired) electrons. The highest BCUT2D eigenvalue weighted by molar-refractivity contribution is 7.91. The molecule has 0 bridgehead atoms. The summed E-state index contributed by atoms with van der Waals surface area (Å²) < 4.78 is 23.2. The molecule has 1 aromatic rings. The lowest BCUT2D eigenvalue weighted by molar-refractivity contribution is 0.0697. The fraction of sp³-hybridized carbons (Fsp3) is 0.222. The molecule has 1 N–H and O–H groups in total. The first-order valence-corrected chi connectivity index (χ1v) is 6.65. The number of rotatable bonds is 3. The van der Waals surface area contributed by atoms with Crippen molar-refractivity contribution in [1.82, 2.24) is 0 Å². The first-order chi connectivity index (χ1) is 7.29. The lowest BCUT2D eigenvalue weighted by Crippen LogP contribution is -2.08. The van der Waals surface area contributed by atoms with Crippen LogP contribution >= 0.6 is 23.2 Å². The molecule has 88 valence electrons. The average molecular weight is 283 g/mol. The summed E-state index contributed by atoms with van der Waals surface area (Å²) >= 11 is 11.4. The number of benzene rings is 1. The second-order valence-electron chi connectivity index (χ2n) is 2.97. The Kier molecular flexibility index (Phi) is 3.83. The maximum Gasteiger partial charge on any atom is 0.337 e. The molecule has 0 atom stereocenters. The van der Waals surface area contributed by atoms with E-state index in [1.807, 2.05) is 0 Å². The third kappa shape index (κ3) is 2.48. The Morgan fingerprint density at radius 1 is 1.38 bits per heavy atom. The van der Waals surface area contributed by atoms with E-state index in [2.05, 4.69) is 0 Å². The van der Waals surface area contributed by atoms with Crippen LogP contribution in [0.2, 0.25) is 10.0 Å². The van der Waals surface area contributed by atoms with E-state index in [0.717, 1.165) is 12.1 Å². The highest BCUT2D eigenvalue weighted by Crippen LogP contribution is 2.30. The van der Waals surface area contributed by atoms with E-state index in [-0.39, 0.29) is 26.3 Å². The molecule has 0 heterocycles. The number of sulfone groups is 1. The van der Waals surface area contributed by atoms with Gasteiger partial charge in [0.2, 0.25) is 0 Å². The fourth-order valence-electron chi connectivity index (χ4n) is 1.10. The Morgan fingerprint density at radius 2 is 1.94 bits per heavy atom. The minimum atomic E-state index is -3.59. The van der Waals surface area contributed by atoms with Crippen LogP contribution < -0.4 is 0 Å². The largest absolute Gasteiger partial charge is 0.478 e. The van der Waals surface area contributed by atoms with Crippen molar-refractivity contribution in [2.24, 2.45) is 0 Å². The van der Waals surface area contributed by atoms with Gasteiger partial charge in [0, 0.05) is 5.02 Å². The van der Waals surface area contributed by atoms with Gasteiger partial charge in [-0.15, -0.1) is 0 Å². The zero-order valence-corrected chi connectivity index (χ0v) is 10.5. The minimum Gasteiger partial charge on any atom is -0.478 e. The van der Waals surface area contributed by atoms with E-state index in [1.54, 1.807) is 0 Å². The van der Waals surface area contributed by atoms with Crippen LogP contribution in [-0.2, 0) is 9.84 Å². The normalized spacial score (nSPS) is 11.4. The second-order valence-corrected chi connectivity index (χ2v) is 6.04. The highest BCUT2D eigenvalue weighted by atomic mass is 35.5. The fourth-order valence-corrected chi connectivity index (χ4v) is 2.93. The molecular weight excluding hydrogens is 275 g/mol. The molecule has 0 aliphatic heterocycles. The van der Waals surface area contributed by atoms with Crippen molar-refractivity contribution in [3.05, 3.63) is 27.7 Å². The highest BCUT2D eigenvalue weighted by Gasteiger charge is 2.22. The van der Waals surface area contributed by atoms with Gasteiger partial charge >= 0.3 is 5.97 Å². The minimum absolute atomic E-state index is 0.0221. The van der Waals surface area contributed by atoms with Crippen LogP contribution in [0.5, 0.6) is 0 Å². The number of carboxylic acids is 1. The van der Waals surface area contributed by atoms with Gasteiger partial charge in [-0.1, -0.05) is 30.1 Å². The molecule has 16 heavy (non-hydrogen) atoms. The molecule has 0 aliphatic rings. The van der Waals surface area contributed by atoms with Crippen LogP contribution in [-0.4, -0.2) is 25.2 Å². The van der Waals surface area contributed by atoms with E-state index < -0.39 is 15.8 Å². The zero-order chi connectivity index (χ0) is 12.5. The number of halogens is 2. The number of aromatic carboxylic acids is 1. The van der Waals surface area contributed by atoms with Crippen LogP contribution in [0.15, 0.2) is 17.0 Å². The topological polar surface area (TPSA) is 71.4 Å². The number of carbonyl (C=O) groups is 1. The molecule has 0 spiro atoms. The van der Waals surface area contributed by atoms with Crippen LogP contribution in [0.4, 0.5) is 0 Å². The van der Waals surface area contributed by atoms with Gasteiger partial charge in [-0.25, -0.2) is 13.2 Å². The van der Waals surface area contributed by atoms with Gasteiger partial charge in [0.1, 0.15) is 0 Å². The summed E-state index contributed by atoms with van der Waals surface area (Å²) in [7, 11) is -3.59. The number of carboxylic acid groups (broad SMARTS) is 1. The molecule has 1 aromatic carbocycles. The summed E-state index contributed by atoms with van der Waals surface area (Å²) in [5.41, 5.74) is -0.318. The molecule has 0 fully saturated rings. The maximum atomic E-state index is 11.6. The van der Waals surface area contributed by atoms with Gasteiger partial charge in [0.25, 0.3) is 0 Å². The monoisotopic (exact) mass is 282 g/mol. The number of hydrogen-bond acceptors (Lipinski definition) is 3. The summed E-state index contributed by atoms with van der Waals surface area (Å²) in [4.78, 5) is 10.6. The van der Waals surface area contributed by atoms with Crippen LogP contribution in [0.25, 0.3) is 0 Å². The van der Waals surface area contributed by atoms with Crippen molar-refractivity contribution >= 4 is 39.0 Å². The van der Waals surface area contributed by atoms with Crippen molar-refractivity contribution in [3.8, 4) is 0 Å². The Morgan fingerprint density at radius 3 is 2.38 bits per heavy atom. The van der Waals surface area contributed by atoms with Crippen molar-refractivity contribution in [2.45, 2.75) is 11.8 Å². The van der Waals surface area contributed by atoms with Crippen molar-refractivity contribution < 1.29 is 18.3 Å². The van der Waals surface area contributed by atoms with Crippen molar-refractivity contribution in [2.75, 3.05) is 5.75 Å². The quantitative estimate of drug-likeness (QED) is 0.925. The molecule has 0 unspecified atom stereocenters. The zero-order valence-electron chi connectivity index (χ0n) is 8.20. The van der Waals surface area contributed by atoms with Crippen LogP contribution in [0.3, 0.4) is 0 Å². The predicted molar refractivity (Wildman–Crippen MR) is 61.1 cm³/mol. The van der Waals surface area contributed by atoms with Gasteiger partial charge < -0.3 is 5.11 Å². The van der Waals surface area contributed by atoms with E-state index in [1.165, 1.54) is 6.92 Å².